The van der Waals surface area contributed by atoms with Gasteiger partial charge < -0.3 is 14.2 Å². The van der Waals surface area contributed by atoms with Crippen LogP contribution >= 0.6 is 0 Å². The largest absolute Gasteiger partial charge is 0.492 e. The molecule has 4 heteroatoms. The van der Waals surface area contributed by atoms with Crippen molar-refractivity contribution in [2.45, 2.75) is 6.92 Å². The molecule has 0 amide bonds. The zero-order valence-electron chi connectivity index (χ0n) is 13.8. The Morgan fingerprint density at radius 1 is 0.833 bits per heavy atom. The molecule has 0 fully saturated rings. The molecule has 4 nitrogen and oxygen atoms in total. The lowest BCUT2D eigenvalue weighted by Crippen LogP contribution is -2.04. The van der Waals surface area contributed by atoms with Crippen LogP contribution < -0.4 is 14.2 Å². The fourth-order valence-electron chi connectivity index (χ4n) is 2.56. The second kappa shape index (κ2) is 6.62. The van der Waals surface area contributed by atoms with Crippen molar-refractivity contribution in [2.24, 2.45) is 0 Å². The van der Waals surface area contributed by atoms with Gasteiger partial charge in [0, 0.05) is 12.3 Å². The third-order valence-corrected chi connectivity index (χ3v) is 3.80. The highest BCUT2D eigenvalue weighted by molar-refractivity contribution is 5.93. The number of fused-ring (bicyclic) bond motifs is 2. The molecule has 0 unspecified atom stereocenters. The quantitative estimate of drug-likeness (QED) is 0.413. The van der Waals surface area contributed by atoms with Crippen LogP contribution in [0.15, 0.2) is 54.6 Å². The Balaban J connectivity index is 0.000000231. The van der Waals surface area contributed by atoms with Gasteiger partial charge in [0.2, 0.25) is 5.75 Å². The number of carbonyl (C=O) groups is 1. The number of hydrogen-bond acceptors (Lipinski definition) is 4. The van der Waals surface area contributed by atoms with Crippen molar-refractivity contribution in [2.75, 3.05) is 14.2 Å². The van der Waals surface area contributed by atoms with E-state index in [1.807, 2.05) is 24.3 Å². The SMILES string of the molecule is COc1c(OC(C)=O)cc2ccccc2c1OC.c1cc2ccc1-2. The Kier molecular flexibility index (Phi) is 4.38. The van der Waals surface area contributed by atoms with Crippen molar-refractivity contribution < 1.29 is 19.0 Å². The minimum atomic E-state index is -0.398. The van der Waals surface area contributed by atoms with Crippen LogP contribution in [0.25, 0.3) is 21.9 Å². The van der Waals surface area contributed by atoms with Crippen molar-refractivity contribution in [3.63, 3.8) is 0 Å². The summed E-state index contributed by atoms with van der Waals surface area (Å²) in [6.07, 6.45) is 0. The van der Waals surface area contributed by atoms with Crippen molar-refractivity contribution in [3.8, 4) is 28.4 Å². The van der Waals surface area contributed by atoms with Crippen LogP contribution in [0, 0.1) is 0 Å². The lowest BCUT2D eigenvalue weighted by Gasteiger charge is -2.14. The number of rotatable bonds is 3. The summed E-state index contributed by atoms with van der Waals surface area (Å²) >= 11 is 0. The van der Waals surface area contributed by atoms with E-state index in [1.54, 1.807) is 13.2 Å². The van der Waals surface area contributed by atoms with Gasteiger partial charge in [-0.25, -0.2) is 0 Å². The Morgan fingerprint density at radius 3 is 1.88 bits per heavy atom. The average molecular weight is 322 g/mol. The van der Waals surface area contributed by atoms with Gasteiger partial charge in [0.05, 0.1) is 14.2 Å². The number of methoxy groups -OCH3 is 2. The molecule has 4 rings (SSSR count). The van der Waals surface area contributed by atoms with E-state index in [-0.39, 0.29) is 0 Å². The molecule has 0 aliphatic heterocycles. The molecule has 0 saturated carbocycles. The highest BCUT2D eigenvalue weighted by Gasteiger charge is 2.17. The van der Waals surface area contributed by atoms with Gasteiger partial charge in [-0.3, -0.25) is 4.79 Å². The lowest BCUT2D eigenvalue weighted by molar-refractivity contribution is -0.132. The zero-order valence-corrected chi connectivity index (χ0v) is 13.8. The summed E-state index contributed by atoms with van der Waals surface area (Å²) in [6, 6.07) is 17.9. The number of carbonyl (C=O) groups excluding carboxylic acids is 1. The van der Waals surface area contributed by atoms with Gasteiger partial charge in [0.15, 0.2) is 11.5 Å². The van der Waals surface area contributed by atoms with Gasteiger partial charge in [-0.15, -0.1) is 0 Å². The predicted molar refractivity (Wildman–Crippen MR) is 93.8 cm³/mol. The van der Waals surface area contributed by atoms with Crippen LogP contribution in [0.1, 0.15) is 6.92 Å². The van der Waals surface area contributed by atoms with E-state index in [0.717, 1.165) is 10.8 Å². The molecule has 2 aromatic carbocycles. The molecule has 0 spiro atoms. The summed E-state index contributed by atoms with van der Waals surface area (Å²) in [5.74, 6) is 0.949. The van der Waals surface area contributed by atoms with E-state index in [4.69, 9.17) is 14.2 Å². The smallest absolute Gasteiger partial charge is 0.308 e. The minimum absolute atomic E-state index is 0.362. The minimum Gasteiger partial charge on any atom is -0.492 e. The number of hydrogen-bond donors (Lipinski definition) is 0. The molecule has 0 aromatic heterocycles. The van der Waals surface area contributed by atoms with Crippen LogP contribution in [0.4, 0.5) is 0 Å². The van der Waals surface area contributed by atoms with Crippen LogP contribution in [-0.2, 0) is 4.79 Å². The monoisotopic (exact) mass is 322 g/mol. The summed E-state index contributed by atoms with van der Waals surface area (Å²) in [5.41, 5.74) is 2.85. The molecule has 0 heterocycles. The van der Waals surface area contributed by atoms with Crippen LogP contribution in [0.5, 0.6) is 17.2 Å². The lowest BCUT2D eigenvalue weighted by atomic mass is 9.95. The second-order valence-electron chi connectivity index (χ2n) is 5.33. The molecule has 0 atom stereocenters. The standard InChI is InChI=1S/C14H14O4.C6H4/c1-9(15)18-12-8-10-6-4-5-7-11(10)13(16-2)14(12)17-3;1-2-6-4-3-5(1)6/h4-8H,1-3H3;1-4H. The summed E-state index contributed by atoms with van der Waals surface area (Å²) in [5, 5.41) is 1.83. The Morgan fingerprint density at radius 2 is 1.42 bits per heavy atom. The van der Waals surface area contributed by atoms with E-state index in [9.17, 15) is 4.79 Å². The molecule has 0 radical (unpaired) electrons. The molecular formula is C20H18O4. The molecule has 0 N–H and O–H groups in total. The maximum absolute atomic E-state index is 11.1. The molecular weight excluding hydrogens is 304 g/mol. The molecule has 2 aromatic rings. The summed E-state index contributed by atoms with van der Waals surface area (Å²) in [4.78, 5) is 11.1. The molecule has 0 saturated heterocycles. The van der Waals surface area contributed by atoms with Gasteiger partial charge in [0.25, 0.3) is 0 Å². The first-order valence-corrected chi connectivity index (χ1v) is 7.56. The van der Waals surface area contributed by atoms with Gasteiger partial charge in [-0.1, -0.05) is 48.5 Å². The number of esters is 1. The van der Waals surface area contributed by atoms with Crippen LogP contribution in [0.3, 0.4) is 0 Å². The molecule has 24 heavy (non-hydrogen) atoms. The highest BCUT2D eigenvalue weighted by atomic mass is 16.6. The third-order valence-electron chi connectivity index (χ3n) is 3.80. The fraction of sp³-hybridized carbons (Fsp3) is 0.150. The van der Waals surface area contributed by atoms with Gasteiger partial charge >= 0.3 is 5.97 Å². The number of ether oxygens (including phenoxy) is 3. The summed E-state index contributed by atoms with van der Waals surface area (Å²) in [7, 11) is 3.07. The van der Waals surface area contributed by atoms with Gasteiger partial charge in [0.1, 0.15) is 0 Å². The number of benzene rings is 3. The topological polar surface area (TPSA) is 44.8 Å². The Hall–Kier alpha value is -3.01. The first kappa shape index (κ1) is 15.9. The van der Waals surface area contributed by atoms with Crippen molar-refractivity contribution >= 4 is 16.7 Å². The van der Waals surface area contributed by atoms with Gasteiger partial charge in [-0.2, -0.15) is 0 Å². The van der Waals surface area contributed by atoms with E-state index < -0.39 is 5.97 Å². The van der Waals surface area contributed by atoms with Crippen molar-refractivity contribution in [1.82, 2.24) is 0 Å². The molecule has 2 aliphatic rings. The highest BCUT2D eigenvalue weighted by Crippen LogP contribution is 2.43. The second-order valence-corrected chi connectivity index (χ2v) is 5.33. The van der Waals surface area contributed by atoms with Gasteiger partial charge in [-0.05, 0) is 22.6 Å². The maximum Gasteiger partial charge on any atom is 0.308 e. The van der Waals surface area contributed by atoms with Crippen LogP contribution in [0.2, 0.25) is 0 Å². The Labute approximate surface area is 140 Å². The first-order valence-electron chi connectivity index (χ1n) is 7.56. The van der Waals surface area contributed by atoms with Crippen molar-refractivity contribution in [3.05, 3.63) is 54.6 Å². The predicted octanol–water partition coefficient (Wildman–Crippen LogP) is 4.45. The first-order chi connectivity index (χ1) is 11.6. The third kappa shape index (κ3) is 2.91. The van der Waals surface area contributed by atoms with E-state index >= 15 is 0 Å². The summed E-state index contributed by atoms with van der Waals surface area (Å²) in [6.45, 7) is 1.35. The zero-order chi connectivity index (χ0) is 17.1. The molecule has 2 aliphatic carbocycles. The van der Waals surface area contributed by atoms with E-state index in [0.29, 0.717) is 17.2 Å². The molecule has 122 valence electrons. The van der Waals surface area contributed by atoms with E-state index in [2.05, 4.69) is 24.3 Å². The Bertz CT molecular complexity index is 861. The van der Waals surface area contributed by atoms with Crippen LogP contribution in [-0.4, -0.2) is 20.2 Å². The normalized spacial score (nSPS) is 10.5. The summed E-state index contributed by atoms with van der Waals surface area (Å²) < 4.78 is 15.8. The molecule has 0 bridgehead atoms. The average Bonchev–Trinajstić information content (AvgIpc) is 2.56. The fourth-order valence-corrected chi connectivity index (χ4v) is 2.56. The van der Waals surface area contributed by atoms with E-state index in [1.165, 1.54) is 25.2 Å². The maximum atomic E-state index is 11.1. The van der Waals surface area contributed by atoms with Crippen molar-refractivity contribution in [1.29, 1.82) is 0 Å².